The molecule has 12 heteroatoms. The number of hydrogen-bond acceptors (Lipinski definition) is 6. The second-order valence-electron chi connectivity index (χ2n) is 15.1. The van der Waals surface area contributed by atoms with Gasteiger partial charge in [0, 0.05) is 73.8 Å². The van der Waals surface area contributed by atoms with Gasteiger partial charge < -0.3 is 23.8 Å². The normalized spacial score (nSPS) is 25.8. The largest absolute Gasteiger partial charge is 0.497 e. The highest BCUT2D eigenvalue weighted by molar-refractivity contribution is 8.11. The lowest BCUT2D eigenvalue weighted by Crippen LogP contribution is -2.64. The van der Waals surface area contributed by atoms with E-state index in [4.69, 9.17) is 9.47 Å². The highest BCUT2D eigenvalue weighted by atomic mass is 32.3. The maximum Gasteiger partial charge on any atom is 0.269 e. The smallest absolute Gasteiger partial charge is 0.269 e. The van der Waals surface area contributed by atoms with Gasteiger partial charge in [-0.15, -0.1) is 0 Å². The van der Waals surface area contributed by atoms with Crippen molar-refractivity contribution in [1.82, 2.24) is 23.4 Å². The van der Waals surface area contributed by atoms with Crippen LogP contribution in [0.2, 0.25) is 0 Å². The number of morpholine rings is 1. The number of piperazine rings is 1. The molecule has 0 bridgehead atoms. The molecular weight excluding hydrogens is 643 g/mol. The minimum Gasteiger partial charge on any atom is -0.497 e. The van der Waals surface area contributed by atoms with Crippen LogP contribution in [-0.4, -0.2) is 112 Å². The topological polar surface area (TPSA) is 117 Å². The van der Waals surface area contributed by atoms with Crippen LogP contribution in [-0.2, 0) is 25.8 Å². The lowest BCUT2D eigenvalue weighted by molar-refractivity contribution is -0.141. The fourth-order valence-electron chi connectivity index (χ4n) is 9.06. The van der Waals surface area contributed by atoms with Gasteiger partial charge in [-0.1, -0.05) is 35.0 Å². The molecule has 2 N–H and O–H groups in total. The maximum atomic E-state index is 14.5. The summed E-state index contributed by atoms with van der Waals surface area (Å²) in [6.07, 6.45) is 7.74. The third kappa shape index (κ3) is 5.60. The van der Waals surface area contributed by atoms with Crippen molar-refractivity contribution in [2.24, 2.45) is 5.41 Å². The van der Waals surface area contributed by atoms with Crippen molar-refractivity contribution in [1.29, 1.82) is 0 Å². The van der Waals surface area contributed by atoms with Crippen molar-refractivity contribution in [3.63, 3.8) is 0 Å². The molecule has 11 nitrogen and oxygen atoms in total. The highest BCUT2D eigenvalue weighted by Gasteiger charge is 2.64. The number of carbonyl (C=O) groups is 2. The Morgan fingerprint density at radius 3 is 2.45 bits per heavy atom. The molecule has 264 valence electrons. The molecule has 1 aromatic heterocycles. The number of hydrogen-bond donors (Lipinski definition) is 2. The maximum absolute atomic E-state index is 14.5. The number of fused-ring (bicyclic) bond motifs is 7. The fourth-order valence-corrected chi connectivity index (χ4v) is 10.8. The molecule has 2 saturated heterocycles. The van der Waals surface area contributed by atoms with Gasteiger partial charge in [-0.2, -0.15) is 8.51 Å². The molecule has 4 heterocycles. The number of likely N-dealkylation sites (N-methyl/N-ethyl adjacent to an activating group) is 1. The lowest BCUT2D eigenvalue weighted by atomic mass is 9.81. The number of nitrogens with zero attached hydrogens (tertiary/aromatic N) is 4. The van der Waals surface area contributed by atoms with Crippen LogP contribution in [0.25, 0.3) is 22.2 Å². The van der Waals surface area contributed by atoms with Crippen LogP contribution in [0, 0.1) is 5.41 Å². The molecule has 2 atom stereocenters. The number of amides is 2. The van der Waals surface area contributed by atoms with Gasteiger partial charge in [-0.3, -0.25) is 14.1 Å². The summed E-state index contributed by atoms with van der Waals surface area (Å²) < 4.78 is 43.1. The number of ether oxygens (including phenoxy) is 2. The summed E-state index contributed by atoms with van der Waals surface area (Å²) in [4.78, 5) is 32.5. The van der Waals surface area contributed by atoms with Gasteiger partial charge in [0.2, 0.25) is 5.91 Å². The molecule has 3 aliphatic heterocycles. The summed E-state index contributed by atoms with van der Waals surface area (Å²) in [7, 11) is -0.964. The Balaban J connectivity index is 1.27. The Morgan fingerprint density at radius 2 is 1.73 bits per heavy atom. The van der Waals surface area contributed by atoms with E-state index in [1.165, 1.54) is 35.4 Å². The number of methoxy groups -OCH3 is 1. The molecule has 0 radical (unpaired) electrons. The zero-order chi connectivity index (χ0) is 34.2. The SMILES string of the molecule is COc1ccc2c(c1)C1CC1(C(=O)N1CCOCC1)Cn1c-2c(C2CCCCC2)c2ccc(C(=O)NS(C)(=O)(O)N3CCN(C)CC3)cc21. The third-order valence-electron chi connectivity index (χ3n) is 11.9. The lowest BCUT2D eigenvalue weighted by Gasteiger charge is -2.51. The molecule has 2 saturated carbocycles. The predicted molar refractivity (Wildman–Crippen MR) is 190 cm³/mol. The summed E-state index contributed by atoms with van der Waals surface area (Å²) >= 11 is 0. The fraction of sp³-hybridized carbons (Fsp3) is 0.568. The van der Waals surface area contributed by atoms with Gasteiger partial charge in [0.1, 0.15) is 5.75 Å². The first kappa shape index (κ1) is 32.9. The van der Waals surface area contributed by atoms with Crippen LogP contribution in [0.5, 0.6) is 5.75 Å². The molecule has 2 aliphatic carbocycles. The van der Waals surface area contributed by atoms with E-state index in [1.54, 1.807) is 13.2 Å². The summed E-state index contributed by atoms with van der Waals surface area (Å²) in [6, 6.07) is 12.0. The Kier molecular flexibility index (Phi) is 7.99. The molecule has 8 rings (SSSR count). The quantitative estimate of drug-likeness (QED) is 0.393. The molecule has 3 aromatic rings. The number of rotatable bonds is 6. The number of benzene rings is 2. The van der Waals surface area contributed by atoms with Crippen molar-refractivity contribution >= 4 is 32.4 Å². The Hall–Kier alpha value is -3.29. The summed E-state index contributed by atoms with van der Waals surface area (Å²) in [5.41, 5.74) is 5.31. The van der Waals surface area contributed by atoms with E-state index in [0.29, 0.717) is 70.5 Å². The van der Waals surface area contributed by atoms with Crippen molar-refractivity contribution in [2.45, 2.75) is 56.9 Å². The zero-order valence-corrected chi connectivity index (χ0v) is 29.7. The van der Waals surface area contributed by atoms with Crippen molar-refractivity contribution in [3.05, 3.63) is 53.1 Å². The number of aromatic nitrogens is 1. The summed E-state index contributed by atoms with van der Waals surface area (Å²) in [5.74, 6) is 0.773. The molecular formula is C37H49N5O6S. The van der Waals surface area contributed by atoms with E-state index in [1.807, 2.05) is 30.1 Å². The molecule has 2 aromatic carbocycles. The van der Waals surface area contributed by atoms with Crippen LogP contribution in [0.1, 0.15) is 71.8 Å². The van der Waals surface area contributed by atoms with Crippen molar-refractivity contribution in [2.75, 3.05) is 72.9 Å². The van der Waals surface area contributed by atoms with Crippen LogP contribution in [0.3, 0.4) is 0 Å². The van der Waals surface area contributed by atoms with Gasteiger partial charge in [0.25, 0.3) is 5.91 Å². The third-order valence-corrected chi connectivity index (χ3v) is 14.1. The van der Waals surface area contributed by atoms with Crippen molar-refractivity contribution < 1.29 is 27.8 Å². The Labute approximate surface area is 288 Å². The average Bonchev–Trinajstić information content (AvgIpc) is 3.78. The first-order valence-corrected chi connectivity index (χ1v) is 20.1. The molecule has 0 spiro atoms. The second-order valence-corrected chi connectivity index (χ2v) is 18.3. The number of nitrogens with one attached hydrogen (secondary N) is 1. The Bertz CT molecular complexity index is 1880. The van der Waals surface area contributed by atoms with Gasteiger partial charge in [0.15, 0.2) is 0 Å². The van der Waals surface area contributed by atoms with Crippen LogP contribution in [0.4, 0.5) is 0 Å². The van der Waals surface area contributed by atoms with E-state index in [9.17, 15) is 18.4 Å². The van der Waals surface area contributed by atoms with Crippen LogP contribution < -0.4 is 9.46 Å². The average molecular weight is 692 g/mol. The van der Waals surface area contributed by atoms with E-state index in [-0.39, 0.29) is 11.8 Å². The predicted octanol–water partition coefficient (Wildman–Crippen LogP) is 4.44. The molecule has 4 fully saturated rings. The summed E-state index contributed by atoms with van der Waals surface area (Å²) in [6.45, 7) is 4.81. The van der Waals surface area contributed by atoms with Gasteiger partial charge >= 0.3 is 0 Å². The van der Waals surface area contributed by atoms with E-state index in [2.05, 4.69) is 26.3 Å². The van der Waals surface area contributed by atoms with Gasteiger partial charge in [-0.25, -0.2) is 4.72 Å². The first-order chi connectivity index (χ1) is 23.5. The van der Waals surface area contributed by atoms with E-state index >= 15 is 0 Å². The molecule has 2 amide bonds. The van der Waals surface area contributed by atoms with Crippen LogP contribution >= 0.6 is 0 Å². The van der Waals surface area contributed by atoms with Crippen LogP contribution in [0.15, 0.2) is 36.4 Å². The first-order valence-electron chi connectivity index (χ1n) is 17.8. The number of carbonyl (C=O) groups excluding carboxylic acids is 2. The Morgan fingerprint density at radius 1 is 1.00 bits per heavy atom. The standard InChI is InChI=1S/C37H49N5O6S/c1-39-13-15-41(16-14-39)49(3,45,46)38-35(43)26-9-11-29-32(21-26)42-24-37(36(44)40-17-19-48-20-18-40)23-31(37)30-22-27(47-2)10-12-28(30)34(42)33(29)25-7-5-4-6-8-25/h9-12,21-22,25,31H,4-8,13-20,23-24H2,1-3H3,(H2,38,43,45,46). The van der Waals surface area contributed by atoms with Crippen molar-refractivity contribution in [3.8, 4) is 17.0 Å². The zero-order valence-electron chi connectivity index (χ0n) is 28.9. The summed E-state index contributed by atoms with van der Waals surface area (Å²) in [5, 5.41) is 1.09. The van der Waals surface area contributed by atoms with E-state index < -0.39 is 21.0 Å². The molecule has 2 unspecified atom stereocenters. The highest BCUT2D eigenvalue weighted by Crippen LogP contribution is 2.66. The van der Waals surface area contributed by atoms with Gasteiger partial charge in [0.05, 0.1) is 37.7 Å². The minimum absolute atomic E-state index is 0.0530. The van der Waals surface area contributed by atoms with Gasteiger partial charge in [-0.05, 0) is 73.7 Å². The monoisotopic (exact) mass is 691 g/mol. The van der Waals surface area contributed by atoms with E-state index in [0.717, 1.165) is 52.7 Å². The molecule has 49 heavy (non-hydrogen) atoms. The minimum atomic E-state index is -4.63. The molecule has 5 aliphatic rings. The second kappa shape index (κ2) is 11.9.